The molecule has 0 bridgehead atoms. The lowest BCUT2D eigenvalue weighted by Crippen LogP contribution is -2.48. The second-order valence-corrected chi connectivity index (χ2v) is 7.36. The van der Waals surface area contributed by atoms with Gasteiger partial charge in [-0.15, -0.1) is 0 Å². The van der Waals surface area contributed by atoms with Crippen LogP contribution >= 0.6 is 23.8 Å². The lowest BCUT2D eigenvalue weighted by Gasteiger charge is -2.37. The third kappa shape index (κ3) is 3.90. The van der Waals surface area contributed by atoms with Crippen molar-refractivity contribution in [3.05, 3.63) is 64.7 Å². The van der Waals surface area contributed by atoms with Gasteiger partial charge in [0.2, 0.25) is 0 Å². The first-order valence-corrected chi connectivity index (χ1v) is 9.23. The molecule has 2 aromatic rings. The van der Waals surface area contributed by atoms with Gasteiger partial charge >= 0.3 is 0 Å². The summed E-state index contributed by atoms with van der Waals surface area (Å²) in [4.78, 5) is 5.63. The number of anilines is 1. The summed E-state index contributed by atoms with van der Waals surface area (Å²) in [5, 5.41) is 0.788. The average molecular weight is 359 g/mol. The Bertz CT molecular complexity index is 704. The highest BCUT2D eigenvalue weighted by Gasteiger charge is 2.20. The van der Waals surface area contributed by atoms with Crippen LogP contribution in [0.2, 0.25) is 5.02 Å². The van der Waals surface area contributed by atoms with Gasteiger partial charge in [-0.1, -0.05) is 68.0 Å². The molecule has 0 saturated carbocycles. The van der Waals surface area contributed by atoms with Crippen LogP contribution in [-0.4, -0.2) is 36.1 Å². The van der Waals surface area contributed by atoms with Crippen LogP contribution in [0.25, 0.3) is 0 Å². The van der Waals surface area contributed by atoms with Gasteiger partial charge in [-0.05, 0) is 29.7 Å². The fourth-order valence-electron chi connectivity index (χ4n) is 3.03. The van der Waals surface area contributed by atoms with E-state index >= 15 is 0 Å². The van der Waals surface area contributed by atoms with E-state index in [0.717, 1.165) is 41.8 Å². The first-order chi connectivity index (χ1) is 11.5. The molecule has 24 heavy (non-hydrogen) atoms. The largest absolute Gasteiger partial charge is 0.368 e. The van der Waals surface area contributed by atoms with E-state index in [9.17, 15) is 0 Å². The summed E-state index contributed by atoms with van der Waals surface area (Å²) in [6.45, 7) is 8.23. The Morgan fingerprint density at radius 1 is 1.00 bits per heavy atom. The van der Waals surface area contributed by atoms with Crippen LogP contribution in [0.15, 0.2) is 48.5 Å². The molecule has 126 valence electrons. The minimum atomic E-state index is 0.550. The quantitative estimate of drug-likeness (QED) is 0.716. The van der Waals surface area contributed by atoms with Crippen molar-refractivity contribution < 1.29 is 0 Å². The molecule has 1 heterocycles. The maximum Gasteiger partial charge on any atom is 0.109 e. The zero-order chi connectivity index (χ0) is 17.1. The Morgan fingerprint density at radius 2 is 1.67 bits per heavy atom. The second kappa shape index (κ2) is 7.54. The molecule has 3 rings (SSSR count). The van der Waals surface area contributed by atoms with Gasteiger partial charge in [0, 0.05) is 42.5 Å². The highest BCUT2D eigenvalue weighted by molar-refractivity contribution is 7.80. The van der Waals surface area contributed by atoms with Gasteiger partial charge in [0.25, 0.3) is 0 Å². The first kappa shape index (κ1) is 17.2. The summed E-state index contributed by atoms with van der Waals surface area (Å²) < 4.78 is 0. The molecule has 0 aliphatic carbocycles. The van der Waals surface area contributed by atoms with Crippen molar-refractivity contribution >= 4 is 34.5 Å². The highest BCUT2D eigenvalue weighted by atomic mass is 35.5. The first-order valence-electron chi connectivity index (χ1n) is 8.44. The average Bonchev–Trinajstić information content (AvgIpc) is 2.61. The van der Waals surface area contributed by atoms with Crippen molar-refractivity contribution in [3.8, 4) is 0 Å². The Balaban J connectivity index is 1.62. The molecule has 0 radical (unpaired) electrons. The number of thiocarbonyl (C=S) groups is 1. The normalized spacial score (nSPS) is 15.0. The summed E-state index contributed by atoms with van der Waals surface area (Å²) in [5.41, 5.74) is 3.69. The summed E-state index contributed by atoms with van der Waals surface area (Å²) in [6, 6.07) is 16.7. The molecule has 2 nitrogen and oxygen atoms in total. The van der Waals surface area contributed by atoms with Crippen LogP contribution in [0.5, 0.6) is 0 Å². The summed E-state index contributed by atoms with van der Waals surface area (Å²) in [5.74, 6) is 0.550. The Morgan fingerprint density at radius 3 is 2.25 bits per heavy atom. The van der Waals surface area contributed by atoms with Gasteiger partial charge < -0.3 is 9.80 Å². The van der Waals surface area contributed by atoms with E-state index in [2.05, 4.69) is 54.0 Å². The molecule has 0 atom stereocenters. The predicted molar refractivity (Wildman–Crippen MR) is 107 cm³/mol. The Kier molecular flexibility index (Phi) is 5.42. The molecule has 1 aliphatic heterocycles. The Labute approximate surface area is 155 Å². The van der Waals surface area contributed by atoms with Crippen molar-refractivity contribution in [2.75, 3.05) is 31.1 Å². The molecular formula is C20H23ClN2S. The second-order valence-electron chi connectivity index (χ2n) is 6.54. The van der Waals surface area contributed by atoms with Crippen LogP contribution in [-0.2, 0) is 0 Å². The number of hydrogen-bond acceptors (Lipinski definition) is 2. The van der Waals surface area contributed by atoms with Crippen molar-refractivity contribution in [2.45, 2.75) is 19.8 Å². The van der Waals surface area contributed by atoms with Crippen LogP contribution in [0.1, 0.15) is 30.9 Å². The molecule has 0 unspecified atom stereocenters. The predicted octanol–water partition coefficient (Wildman–Crippen LogP) is 4.96. The minimum absolute atomic E-state index is 0.550. The van der Waals surface area contributed by atoms with E-state index in [-0.39, 0.29) is 0 Å². The van der Waals surface area contributed by atoms with Gasteiger partial charge in [-0.2, -0.15) is 0 Å². The standard InChI is InChI=1S/C20H23ClN2S/c1-15(2)16-6-8-17(9-7-16)20(24)23-12-10-22(11-13-23)19-5-3-4-18(21)14-19/h3-9,14-15H,10-13H2,1-2H3. The molecule has 1 aliphatic rings. The van der Waals surface area contributed by atoms with E-state index < -0.39 is 0 Å². The molecule has 1 fully saturated rings. The monoisotopic (exact) mass is 358 g/mol. The number of halogens is 1. The molecule has 0 amide bonds. The smallest absolute Gasteiger partial charge is 0.109 e. The van der Waals surface area contributed by atoms with Crippen molar-refractivity contribution in [1.29, 1.82) is 0 Å². The summed E-state index contributed by atoms with van der Waals surface area (Å²) in [7, 11) is 0. The summed E-state index contributed by atoms with van der Waals surface area (Å²) >= 11 is 11.8. The molecule has 4 heteroatoms. The maximum absolute atomic E-state index is 6.10. The van der Waals surface area contributed by atoms with Gasteiger partial charge in [0.1, 0.15) is 4.99 Å². The topological polar surface area (TPSA) is 6.48 Å². The van der Waals surface area contributed by atoms with E-state index in [4.69, 9.17) is 23.8 Å². The SMILES string of the molecule is CC(C)c1ccc(C(=S)N2CCN(c3cccc(Cl)c3)CC2)cc1. The molecular weight excluding hydrogens is 336 g/mol. The van der Waals surface area contributed by atoms with Crippen LogP contribution in [0.4, 0.5) is 5.69 Å². The lowest BCUT2D eigenvalue weighted by molar-refractivity contribution is 0.392. The molecule has 0 spiro atoms. The molecule has 0 aromatic heterocycles. The van der Waals surface area contributed by atoms with Gasteiger partial charge in [0.05, 0.1) is 0 Å². The number of nitrogens with zero attached hydrogens (tertiary/aromatic N) is 2. The number of piperazine rings is 1. The number of hydrogen-bond donors (Lipinski definition) is 0. The maximum atomic E-state index is 6.10. The summed E-state index contributed by atoms with van der Waals surface area (Å²) in [6.07, 6.45) is 0. The van der Waals surface area contributed by atoms with Crippen LogP contribution < -0.4 is 4.90 Å². The van der Waals surface area contributed by atoms with Crippen molar-refractivity contribution in [3.63, 3.8) is 0 Å². The zero-order valence-corrected chi connectivity index (χ0v) is 15.8. The van der Waals surface area contributed by atoms with Crippen LogP contribution in [0.3, 0.4) is 0 Å². The third-order valence-corrected chi connectivity index (χ3v) is 5.29. The fourth-order valence-corrected chi connectivity index (χ4v) is 3.54. The lowest BCUT2D eigenvalue weighted by atomic mass is 10.0. The van der Waals surface area contributed by atoms with Crippen molar-refractivity contribution in [2.24, 2.45) is 0 Å². The molecule has 0 N–H and O–H groups in total. The van der Waals surface area contributed by atoms with Gasteiger partial charge in [0.15, 0.2) is 0 Å². The van der Waals surface area contributed by atoms with Crippen LogP contribution in [0, 0.1) is 0 Å². The van der Waals surface area contributed by atoms with E-state index in [1.54, 1.807) is 0 Å². The third-order valence-electron chi connectivity index (χ3n) is 4.56. The van der Waals surface area contributed by atoms with Gasteiger partial charge in [-0.25, -0.2) is 0 Å². The zero-order valence-electron chi connectivity index (χ0n) is 14.2. The fraction of sp³-hybridized carbons (Fsp3) is 0.350. The number of benzene rings is 2. The van der Waals surface area contributed by atoms with E-state index in [0.29, 0.717) is 5.92 Å². The van der Waals surface area contributed by atoms with Gasteiger partial charge in [-0.3, -0.25) is 0 Å². The minimum Gasteiger partial charge on any atom is -0.368 e. The van der Waals surface area contributed by atoms with Crippen molar-refractivity contribution in [1.82, 2.24) is 4.90 Å². The highest BCUT2D eigenvalue weighted by Crippen LogP contribution is 2.22. The Hall–Kier alpha value is -1.58. The number of rotatable bonds is 3. The van der Waals surface area contributed by atoms with E-state index in [1.807, 2.05) is 18.2 Å². The molecule has 1 saturated heterocycles. The van der Waals surface area contributed by atoms with E-state index in [1.165, 1.54) is 11.3 Å². The molecule has 2 aromatic carbocycles.